The molecule has 0 aliphatic heterocycles. The Morgan fingerprint density at radius 3 is 1.00 bits per heavy atom. The van der Waals surface area contributed by atoms with Crippen LogP contribution in [0.1, 0.15) is 0 Å². The first-order chi connectivity index (χ1) is 0. The predicted octanol–water partition coefficient (Wildman–Crippen LogP) is -0.393. The summed E-state index contributed by atoms with van der Waals surface area (Å²) in [5.41, 5.74) is 0. The van der Waals surface area contributed by atoms with Crippen LogP contribution in [-0.2, 0) is 92.4 Å². The van der Waals surface area contributed by atoms with Crippen LogP contribution in [0.5, 0.6) is 0 Å². The minimum atomic E-state index is 0. The van der Waals surface area contributed by atoms with Crippen molar-refractivity contribution < 1.29 is 92.4 Å². The molecule has 0 bridgehead atoms. The van der Waals surface area contributed by atoms with Crippen molar-refractivity contribution in [1.29, 1.82) is 0 Å². The van der Waals surface area contributed by atoms with Gasteiger partial charge in [-0.1, -0.05) is 0 Å². The molecular formula is CuFeMgMnTiZn. The van der Waals surface area contributed by atoms with E-state index in [-0.39, 0.29) is 115 Å². The Kier molecular flexibility index (Phi) is 342. The first-order valence-electron chi connectivity index (χ1n) is 0. The normalized spacial score (nSPS) is 0. The second-order valence-electron chi connectivity index (χ2n) is 0. The van der Waals surface area contributed by atoms with Gasteiger partial charge in [-0.25, -0.2) is 0 Å². The molecule has 0 atom stereocenters. The van der Waals surface area contributed by atoms with Gasteiger partial charge in [0.25, 0.3) is 0 Å². The Balaban J connectivity index is 0. The van der Waals surface area contributed by atoms with Crippen molar-refractivity contribution in [3.8, 4) is 0 Å². The maximum atomic E-state index is 0. The first kappa shape index (κ1) is 54.1. The van der Waals surface area contributed by atoms with Crippen molar-refractivity contribution in [2.24, 2.45) is 0 Å². The van der Waals surface area contributed by atoms with Crippen LogP contribution < -0.4 is 0 Å². The summed E-state index contributed by atoms with van der Waals surface area (Å²) in [5.74, 6) is 0. The molecule has 34 valence electrons. The predicted molar refractivity (Wildman–Crippen MR) is 5.75 cm³/mol. The summed E-state index contributed by atoms with van der Waals surface area (Å²) >= 11 is 0. The molecule has 0 N–H and O–H groups in total. The molecular weight excluding hydrogens is 312 g/mol. The molecule has 0 aromatic carbocycles. The third-order valence-corrected chi connectivity index (χ3v) is 0. The van der Waals surface area contributed by atoms with Crippen molar-refractivity contribution in [2.75, 3.05) is 0 Å². The Morgan fingerprint density at radius 1 is 1.00 bits per heavy atom. The zero-order valence-electron chi connectivity index (χ0n) is 2.95. The molecule has 0 spiro atoms. The largest absolute Gasteiger partial charge is 0 e. The molecule has 0 saturated heterocycles. The van der Waals surface area contributed by atoms with Gasteiger partial charge >= 0.3 is 0 Å². The maximum absolute atomic E-state index is 0. The monoisotopic (exact) mass is 310 g/mol. The van der Waals surface area contributed by atoms with Gasteiger partial charge in [0, 0.05) is 115 Å². The Hall–Kier alpha value is 3.66. The van der Waals surface area contributed by atoms with E-state index < -0.39 is 0 Å². The zero-order chi connectivity index (χ0) is 0. The third kappa shape index (κ3) is 25.4. The quantitative estimate of drug-likeness (QED) is 0.535. The smallest absolute Gasteiger partial charge is 0 e. The topological polar surface area (TPSA) is 0 Å². The Labute approximate surface area is 113 Å². The van der Waals surface area contributed by atoms with E-state index in [9.17, 15) is 0 Å². The number of hydrogen-bond donors (Lipinski definition) is 0. The molecule has 0 saturated carbocycles. The fraction of sp³-hybridized carbons (Fsp3) is 0. The average molecular weight is 312 g/mol. The molecule has 0 aromatic heterocycles. The van der Waals surface area contributed by atoms with E-state index >= 15 is 0 Å². The summed E-state index contributed by atoms with van der Waals surface area (Å²) in [6.07, 6.45) is 0. The molecule has 0 nitrogen and oxygen atoms in total. The van der Waals surface area contributed by atoms with Gasteiger partial charge in [-0.2, -0.15) is 0 Å². The van der Waals surface area contributed by atoms with E-state index in [1.54, 1.807) is 0 Å². The van der Waals surface area contributed by atoms with Crippen molar-refractivity contribution in [3.05, 3.63) is 0 Å². The van der Waals surface area contributed by atoms with Crippen LogP contribution in [0.2, 0.25) is 0 Å². The summed E-state index contributed by atoms with van der Waals surface area (Å²) in [7, 11) is 0. The Morgan fingerprint density at radius 2 is 1.00 bits per heavy atom. The minimum absolute atomic E-state index is 0. The summed E-state index contributed by atoms with van der Waals surface area (Å²) < 4.78 is 0. The van der Waals surface area contributed by atoms with E-state index in [2.05, 4.69) is 0 Å². The summed E-state index contributed by atoms with van der Waals surface area (Å²) in [6.45, 7) is 0. The minimum Gasteiger partial charge on any atom is 0 e. The molecule has 4 radical (unpaired) electrons. The van der Waals surface area contributed by atoms with E-state index in [0.717, 1.165) is 0 Å². The molecule has 0 heterocycles. The van der Waals surface area contributed by atoms with E-state index in [1.807, 2.05) is 0 Å². The van der Waals surface area contributed by atoms with Crippen LogP contribution in [0, 0.1) is 0 Å². The average Bonchev–Trinajstić information content (AvgIpc) is 0. The molecule has 0 aliphatic carbocycles. The summed E-state index contributed by atoms with van der Waals surface area (Å²) in [6, 6.07) is 0. The van der Waals surface area contributed by atoms with E-state index in [4.69, 9.17) is 0 Å². The van der Waals surface area contributed by atoms with Crippen LogP contribution in [0.15, 0.2) is 0 Å². The molecule has 0 unspecified atom stereocenters. The van der Waals surface area contributed by atoms with Gasteiger partial charge in [0.1, 0.15) is 0 Å². The molecule has 0 rings (SSSR count). The first-order valence-corrected chi connectivity index (χ1v) is 0. The molecule has 6 heavy (non-hydrogen) atoms. The second-order valence-corrected chi connectivity index (χ2v) is 0. The fourth-order valence-corrected chi connectivity index (χ4v) is 0. The fourth-order valence-electron chi connectivity index (χ4n) is 0. The van der Waals surface area contributed by atoms with Gasteiger partial charge in [0.15, 0.2) is 0 Å². The van der Waals surface area contributed by atoms with Gasteiger partial charge in [-0.15, -0.1) is 0 Å². The Bertz CT molecular complexity index is 15.5. The molecule has 0 fully saturated rings. The number of hydrogen-bond acceptors (Lipinski definition) is 0. The van der Waals surface area contributed by atoms with Crippen LogP contribution in [0.25, 0.3) is 0 Å². The van der Waals surface area contributed by atoms with Crippen LogP contribution in [0.4, 0.5) is 0 Å². The number of rotatable bonds is 0. The standard InChI is InChI=1S/Cu.Fe.Mg.Mn.Ti.Zn. The third-order valence-electron chi connectivity index (χ3n) is 0. The van der Waals surface area contributed by atoms with Crippen molar-refractivity contribution in [3.63, 3.8) is 0 Å². The van der Waals surface area contributed by atoms with Gasteiger partial charge in [0.05, 0.1) is 0 Å². The second kappa shape index (κ2) is 37.9. The van der Waals surface area contributed by atoms with Gasteiger partial charge in [-0.3, -0.25) is 0 Å². The van der Waals surface area contributed by atoms with Crippen LogP contribution in [0.3, 0.4) is 0 Å². The van der Waals surface area contributed by atoms with Crippen LogP contribution >= 0.6 is 0 Å². The van der Waals surface area contributed by atoms with Crippen molar-refractivity contribution in [1.82, 2.24) is 0 Å². The molecule has 6 heteroatoms. The van der Waals surface area contributed by atoms with E-state index in [1.165, 1.54) is 0 Å². The van der Waals surface area contributed by atoms with Gasteiger partial charge in [0.2, 0.25) is 0 Å². The van der Waals surface area contributed by atoms with Crippen LogP contribution in [-0.4, -0.2) is 23.1 Å². The molecule has 0 aromatic rings. The zero-order valence-corrected chi connectivity index (χ0v) is 12.1. The van der Waals surface area contributed by atoms with Crippen molar-refractivity contribution in [2.45, 2.75) is 0 Å². The molecule has 0 aliphatic rings. The van der Waals surface area contributed by atoms with Gasteiger partial charge in [-0.05, 0) is 0 Å². The maximum Gasteiger partial charge on any atom is 0 e. The summed E-state index contributed by atoms with van der Waals surface area (Å²) in [5, 5.41) is 0. The van der Waals surface area contributed by atoms with Gasteiger partial charge < -0.3 is 0 Å². The summed E-state index contributed by atoms with van der Waals surface area (Å²) in [4.78, 5) is 0. The van der Waals surface area contributed by atoms with Crippen molar-refractivity contribution >= 4 is 23.1 Å². The SMILES string of the molecule is [Cu].[Fe].[Mg].[Mn].[Ti].[Zn]. The molecule has 0 amide bonds. The van der Waals surface area contributed by atoms with E-state index in [0.29, 0.717) is 0 Å².